The van der Waals surface area contributed by atoms with Gasteiger partial charge in [-0.15, -0.1) is 11.3 Å². The van der Waals surface area contributed by atoms with E-state index in [0.29, 0.717) is 6.54 Å². The third kappa shape index (κ3) is 3.43. The van der Waals surface area contributed by atoms with Crippen molar-refractivity contribution in [1.82, 2.24) is 5.32 Å². The van der Waals surface area contributed by atoms with Gasteiger partial charge in [-0.25, -0.2) is 4.39 Å². The predicted octanol–water partition coefficient (Wildman–Crippen LogP) is 3.31. The number of benzene rings is 1. The highest BCUT2D eigenvalue weighted by atomic mass is 32.1. The molecule has 1 aromatic carbocycles. The molecule has 0 saturated heterocycles. The minimum absolute atomic E-state index is 0.0460. The number of nitrogens with one attached hydrogen (secondary N) is 1. The second-order valence-electron chi connectivity index (χ2n) is 4.36. The van der Waals surface area contributed by atoms with Gasteiger partial charge in [0.25, 0.3) is 5.91 Å². The van der Waals surface area contributed by atoms with Gasteiger partial charge in [0.2, 0.25) is 0 Å². The molecule has 0 aliphatic carbocycles. The number of methoxy groups -OCH3 is 1. The summed E-state index contributed by atoms with van der Waals surface area (Å²) < 4.78 is 18.9. The average molecular weight is 293 g/mol. The van der Waals surface area contributed by atoms with E-state index in [0.717, 1.165) is 4.88 Å². The fourth-order valence-corrected chi connectivity index (χ4v) is 2.81. The van der Waals surface area contributed by atoms with Gasteiger partial charge in [-0.05, 0) is 31.2 Å². The maximum absolute atomic E-state index is 13.5. The van der Waals surface area contributed by atoms with E-state index in [1.165, 1.54) is 17.0 Å². The van der Waals surface area contributed by atoms with Crippen LogP contribution in [0.25, 0.3) is 0 Å². The fourth-order valence-electron chi connectivity index (χ4n) is 1.85. The minimum atomic E-state index is -0.522. The van der Waals surface area contributed by atoms with Crippen LogP contribution >= 0.6 is 11.3 Å². The van der Waals surface area contributed by atoms with Gasteiger partial charge in [-0.1, -0.05) is 12.1 Å². The topological polar surface area (TPSA) is 38.3 Å². The van der Waals surface area contributed by atoms with E-state index in [1.54, 1.807) is 30.6 Å². The molecule has 0 aliphatic heterocycles. The van der Waals surface area contributed by atoms with Crippen molar-refractivity contribution < 1.29 is 13.9 Å². The van der Waals surface area contributed by atoms with Crippen molar-refractivity contribution in [2.24, 2.45) is 0 Å². The van der Waals surface area contributed by atoms with Crippen molar-refractivity contribution in [2.75, 3.05) is 13.7 Å². The monoisotopic (exact) mass is 293 g/mol. The number of aryl methyl sites for hydroxylation is 1. The van der Waals surface area contributed by atoms with Gasteiger partial charge >= 0.3 is 0 Å². The second-order valence-corrected chi connectivity index (χ2v) is 5.68. The van der Waals surface area contributed by atoms with Crippen molar-refractivity contribution >= 4 is 17.2 Å². The Hall–Kier alpha value is -1.72. The summed E-state index contributed by atoms with van der Waals surface area (Å²) >= 11 is 1.62. The first-order valence-electron chi connectivity index (χ1n) is 6.23. The lowest BCUT2D eigenvalue weighted by molar-refractivity contribution is 0.0834. The zero-order valence-corrected chi connectivity index (χ0v) is 12.2. The molecule has 106 valence electrons. The number of amides is 1. The highest BCUT2D eigenvalue weighted by Gasteiger charge is 2.16. The van der Waals surface area contributed by atoms with E-state index in [-0.39, 0.29) is 11.7 Å². The van der Waals surface area contributed by atoms with Crippen molar-refractivity contribution in [3.8, 4) is 0 Å². The highest BCUT2D eigenvalue weighted by molar-refractivity contribution is 7.12. The summed E-state index contributed by atoms with van der Waals surface area (Å²) in [5.41, 5.74) is 0.0460. The van der Waals surface area contributed by atoms with Crippen LogP contribution < -0.4 is 5.32 Å². The normalized spacial score (nSPS) is 12.2. The van der Waals surface area contributed by atoms with Gasteiger partial charge in [-0.3, -0.25) is 4.79 Å². The molecular weight excluding hydrogens is 277 g/mol. The third-order valence-corrected chi connectivity index (χ3v) is 4.02. The van der Waals surface area contributed by atoms with E-state index in [2.05, 4.69) is 5.32 Å². The highest BCUT2D eigenvalue weighted by Crippen LogP contribution is 2.24. The Morgan fingerprint density at radius 3 is 2.70 bits per heavy atom. The van der Waals surface area contributed by atoms with Crippen LogP contribution in [0.5, 0.6) is 0 Å². The van der Waals surface area contributed by atoms with E-state index < -0.39 is 11.7 Å². The number of hydrogen-bond acceptors (Lipinski definition) is 3. The summed E-state index contributed by atoms with van der Waals surface area (Å²) in [5, 5.41) is 2.70. The molecule has 5 heteroatoms. The summed E-state index contributed by atoms with van der Waals surface area (Å²) in [4.78, 5) is 14.1. The minimum Gasteiger partial charge on any atom is -0.374 e. The molecule has 1 unspecified atom stereocenters. The molecule has 0 aliphatic rings. The summed E-state index contributed by atoms with van der Waals surface area (Å²) in [6, 6.07) is 9.90. The molecule has 1 atom stereocenters. The molecule has 1 heterocycles. The molecule has 0 saturated carbocycles. The van der Waals surface area contributed by atoms with Crippen LogP contribution in [0.3, 0.4) is 0 Å². The summed E-state index contributed by atoms with van der Waals surface area (Å²) in [6.45, 7) is 2.32. The third-order valence-electron chi connectivity index (χ3n) is 2.93. The number of thiophene rings is 1. The number of hydrogen-bond donors (Lipinski definition) is 1. The second kappa shape index (κ2) is 6.63. The average Bonchev–Trinajstić information content (AvgIpc) is 2.86. The van der Waals surface area contributed by atoms with Crippen molar-refractivity contribution in [3.05, 3.63) is 57.5 Å². The van der Waals surface area contributed by atoms with Gasteiger partial charge in [0, 0.05) is 23.4 Å². The first kappa shape index (κ1) is 14.7. The van der Waals surface area contributed by atoms with Crippen molar-refractivity contribution in [1.29, 1.82) is 0 Å². The molecular formula is C15H16FNO2S. The van der Waals surface area contributed by atoms with Gasteiger partial charge in [-0.2, -0.15) is 0 Å². The molecule has 20 heavy (non-hydrogen) atoms. The number of ether oxygens (including phenoxy) is 1. The molecule has 2 rings (SSSR count). The summed E-state index contributed by atoms with van der Waals surface area (Å²) in [7, 11) is 1.59. The largest absolute Gasteiger partial charge is 0.374 e. The number of carbonyl (C=O) groups excluding carboxylic acids is 1. The first-order valence-corrected chi connectivity index (χ1v) is 7.05. The van der Waals surface area contributed by atoms with Crippen LogP contribution in [0.4, 0.5) is 4.39 Å². The molecule has 0 radical (unpaired) electrons. The van der Waals surface area contributed by atoms with E-state index in [1.807, 2.05) is 19.1 Å². The molecule has 0 fully saturated rings. The maximum atomic E-state index is 13.5. The molecule has 0 spiro atoms. The number of halogens is 1. The van der Waals surface area contributed by atoms with E-state index in [4.69, 9.17) is 4.74 Å². The van der Waals surface area contributed by atoms with Crippen molar-refractivity contribution in [2.45, 2.75) is 13.0 Å². The number of carbonyl (C=O) groups is 1. The van der Waals surface area contributed by atoms with Crippen molar-refractivity contribution in [3.63, 3.8) is 0 Å². The van der Waals surface area contributed by atoms with E-state index in [9.17, 15) is 9.18 Å². The molecule has 1 amide bonds. The lowest BCUT2D eigenvalue weighted by atomic mass is 10.2. The Morgan fingerprint density at radius 2 is 2.10 bits per heavy atom. The van der Waals surface area contributed by atoms with Gasteiger partial charge in [0.15, 0.2) is 0 Å². The van der Waals surface area contributed by atoms with Crippen LogP contribution in [0.2, 0.25) is 0 Å². The lowest BCUT2D eigenvalue weighted by Crippen LogP contribution is -2.29. The van der Waals surface area contributed by atoms with Crippen LogP contribution in [-0.4, -0.2) is 19.6 Å². The Balaban J connectivity index is 2.00. The summed E-state index contributed by atoms with van der Waals surface area (Å²) in [6.07, 6.45) is -0.218. The lowest BCUT2D eigenvalue weighted by Gasteiger charge is -2.14. The molecule has 1 aromatic heterocycles. The summed E-state index contributed by atoms with van der Waals surface area (Å²) in [5.74, 6) is -0.954. The zero-order valence-electron chi connectivity index (χ0n) is 11.4. The zero-order chi connectivity index (χ0) is 14.5. The molecule has 3 nitrogen and oxygen atoms in total. The Kier molecular flexibility index (Phi) is 4.87. The maximum Gasteiger partial charge on any atom is 0.254 e. The van der Waals surface area contributed by atoms with Gasteiger partial charge in [0.1, 0.15) is 11.9 Å². The molecule has 0 bridgehead atoms. The van der Waals surface area contributed by atoms with Gasteiger partial charge < -0.3 is 10.1 Å². The van der Waals surface area contributed by atoms with Crippen LogP contribution in [0, 0.1) is 12.7 Å². The molecule has 2 aromatic rings. The molecule has 1 N–H and O–H groups in total. The van der Waals surface area contributed by atoms with Gasteiger partial charge in [0.05, 0.1) is 5.56 Å². The predicted molar refractivity (Wildman–Crippen MR) is 77.5 cm³/mol. The Labute approximate surface area is 121 Å². The van der Waals surface area contributed by atoms with Crippen LogP contribution in [0.15, 0.2) is 36.4 Å². The quantitative estimate of drug-likeness (QED) is 0.918. The standard InChI is InChI=1S/C15H16FNO2S/c1-10-7-8-14(20-10)13(19-2)9-17-15(18)11-5-3-4-6-12(11)16/h3-8,13H,9H2,1-2H3,(H,17,18). The smallest absolute Gasteiger partial charge is 0.254 e. The van der Waals surface area contributed by atoms with Crippen LogP contribution in [0.1, 0.15) is 26.2 Å². The van der Waals surface area contributed by atoms with Crippen LogP contribution in [-0.2, 0) is 4.74 Å². The SMILES string of the molecule is COC(CNC(=O)c1ccccc1F)c1ccc(C)s1. The van der Waals surface area contributed by atoms with E-state index >= 15 is 0 Å². The first-order chi connectivity index (χ1) is 9.61. The fraction of sp³-hybridized carbons (Fsp3) is 0.267. The Morgan fingerprint density at radius 1 is 1.35 bits per heavy atom. The number of rotatable bonds is 5. The Bertz CT molecular complexity index is 597.